The van der Waals surface area contributed by atoms with Gasteiger partial charge in [0, 0.05) is 30.4 Å². The van der Waals surface area contributed by atoms with Gasteiger partial charge in [-0.3, -0.25) is 0 Å². The molecule has 1 saturated carbocycles. The van der Waals surface area contributed by atoms with Crippen LogP contribution in [0.4, 0.5) is 10.5 Å². The van der Waals surface area contributed by atoms with Crippen molar-refractivity contribution in [3.8, 4) is 11.8 Å². The highest BCUT2D eigenvalue weighted by molar-refractivity contribution is 5.92. The van der Waals surface area contributed by atoms with Crippen molar-refractivity contribution in [2.45, 2.75) is 57.6 Å². The number of aromatic nitrogens is 2. The van der Waals surface area contributed by atoms with E-state index >= 15 is 0 Å². The molecule has 2 N–H and O–H groups in total. The summed E-state index contributed by atoms with van der Waals surface area (Å²) in [5.74, 6) is 1.10. The lowest BCUT2D eigenvalue weighted by molar-refractivity contribution is 0.117. The second-order valence-electron chi connectivity index (χ2n) is 9.55. The van der Waals surface area contributed by atoms with Crippen LogP contribution in [0.1, 0.15) is 51.6 Å². The van der Waals surface area contributed by atoms with Crippen LogP contribution in [0.15, 0.2) is 18.5 Å². The summed E-state index contributed by atoms with van der Waals surface area (Å²) in [5.41, 5.74) is 1.58. The minimum Gasteiger partial charge on any atom is -0.490 e. The predicted octanol–water partition coefficient (Wildman–Crippen LogP) is 3.71. The van der Waals surface area contributed by atoms with E-state index in [-0.39, 0.29) is 6.10 Å². The molecule has 2 fully saturated rings. The van der Waals surface area contributed by atoms with Gasteiger partial charge in [-0.05, 0) is 57.9 Å². The summed E-state index contributed by atoms with van der Waals surface area (Å²) >= 11 is 0. The van der Waals surface area contributed by atoms with Crippen LogP contribution in [0.25, 0.3) is 10.9 Å². The van der Waals surface area contributed by atoms with Crippen LogP contribution in [0.3, 0.4) is 0 Å². The first-order valence-corrected chi connectivity index (χ1v) is 11.5. The number of carbonyl (C=O) groups is 1. The van der Waals surface area contributed by atoms with E-state index in [0.29, 0.717) is 41.5 Å². The van der Waals surface area contributed by atoms with Gasteiger partial charge >= 0.3 is 6.09 Å². The summed E-state index contributed by atoms with van der Waals surface area (Å²) in [7, 11) is 0. The fraction of sp³-hybridized carbons (Fsp3) is 0.583. The zero-order chi connectivity index (χ0) is 23.4. The highest BCUT2D eigenvalue weighted by atomic mass is 16.5. The minimum absolute atomic E-state index is 0.0340. The minimum atomic E-state index is -0.987. The maximum Gasteiger partial charge on any atom is 0.405 e. The van der Waals surface area contributed by atoms with E-state index in [1.54, 1.807) is 0 Å². The third kappa shape index (κ3) is 5.63. The molecule has 1 aromatic carbocycles. The molecule has 0 atom stereocenters. The molecule has 0 spiro atoms. The Morgan fingerprint density at radius 2 is 2.00 bits per heavy atom. The zero-order valence-corrected chi connectivity index (χ0v) is 19.2. The standard InChI is InChI=1S/C24H31N5O4/c1-24(2,28-23(30)31)13-16-3-5-18(6-4-16)33-21-12-17(29-7-9-32-10-8-29)11-19-22(21)20(14-25)27-15-26-19/h11-12,15-16,18,28H,3-10,13H2,1-2H3,(H,30,31). The third-order valence-electron chi connectivity index (χ3n) is 6.50. The Hall–Kier alpha value is -3.12. The first kappa shape index (κ1) is 23.1. The number of ether oxygens (including phenoxy) is 2. The highest BCUT2D eigenvalue weighted by Gasteiger charge is 2.30. The molecule has 1 aliphatic heterocycles. The molecular weight excluding hydrogens is 422 g/mol. The van der Waals surface area contributed by atoms with Crippen LogP contribution in [0.2, 0.25) is 0 Å². The topological polar surface area (TPSA) is 121 Å². The molecule has 1 saturated heterocycles. The van der Waals surface area contributed by atoms with Gasteiger partial charge in [0.05, 0.1) is 30.2 Å². The Kier molecular flexibility index (Phi) is 6.84. The predicted molar refractivity (Wildman–Crippen MR) is 124 cm³/mol. The van der Waals surface area contributed by atoms with Gasteiger partial charge in [0.25, 0.3) is 0 Å². The van der Waals surface area contributed by atoms with Crippen LogP contribution in [0, 0.1) is 17.2 Å². The molecule has 176 valence electrons. The van der Waals surface area contributed by atoms with E-state index in [1.807, 2.05) is 26.0 Å². The number of hydrogen-bond donors (Lipinski definition) is 2. The second-order valence-corrected chi connectivity index (χ2v) is 9.55. The Morgan fingerprint density at radius 1 is 1.27 bits per heavy atom. The summed E-state index contributed by atoms with van der Waals surface area (Å²) in [6.07, 6.45) is 4.97. The number of rotatable bonds is 6. The van der Waals surface area contributed by atoms with Crippen LogP contribution in [-0.2, 0) is 4.74 Å². The quantitative estimate of drug-likeness (QED) is 0.679. The van der Waals surface area contributed by atoms with Crippen LogP contribution >= 0.6 is 0 Å². The molecule has 1 aliphatic carbocycles. The molecule has 0 bridgehead atoms. The molecule has 1 aromatic heterocycles. The molecule has 9 heteroatoms. The first-order chi connectivity index (χ1) is 15.8. The maximum absolute atomic E-state index is 11.0. The average Bonchev–Trinajstić information content (AvgIpc) is 2.79. The van der Waals surface area contributed by atoms with Crippen molar-refractivity contribution >= 4 is 22.7 Å². The smallest absolute Gasteiger partial charge is 0.405 e. The average molecular weight is 454 g/mol. The molecule has 0 unspecified atom stereocenters. The van der Waals surface area contributed by atoms with Gasteiger partial charge in [-0.1, -0.05) is 0 Å². The summed E-state index contributed by atoms with van der Waals surface area (Å²) < 4.78 is 12.0. The molecule has 0 radical (unpaired) electrons. The number of benzene rings is 1. The number of carboxylic acid groups (broad SMARTS) is 1. The van der Waals surface area contributed by atoms with Crippen molar-refractivity contribution in [1.82, 2.24) is 15.3 Å². The lowest BCUT2D eigenvalue weighted by Gasteiger charge is -2.35. The van der Waals surface area contributed by atoms with Crippen molar-refractivity contribution in [3.63, 3.8) is 0 Å². The van der Waals surface area contributed by atoms with Crippen LogP contribution in [-0.4, -0.2) is 59.1 Å². The molecule has 4 rings (SSSR count). The number of fused-ring (bicyclic) bond motifs is 1. The van der Waals surface area contributed by atoms with Gasteiger partial charge < -0.3 is 24.8 Å². The Balaban J connectivity index is 1.51. The summed E-state index contributed by atoms with van der Waals surface area (Å²) in [6, 6.07) is 6.17. The Labute approximate surface area is 193 Å². The number of nitrogens with one attached hydrogen (secondary N) is 1. The molecule has 2 aromatic rings. The Bertz CT molecular complexity index is 1040. The van der Waals surface area contributed by atoms with E-state index in [9.17, 15) is 10.1 Å². The van der Waals surface area contributed by atoms with Gasteiger partial charge in [0.2, 0.25) is 0 Å². The lowest BCUT2D eigenvalue weighted by atomic mass is 9.80. The normalized spacial score (nSPS) is 21.4. The van der Waals surface area contributed by atoms with Gasteiger partial charge in [0.1, 0.15) is 18.1 Å². The number of nitriles is 1. The molecule has 1 amide bonds. The third-order valence-corrected chi connectivity index (χ3v) is 6.50. The van der Waals surface area contributed by atoms with E-state index in [1.165, 1.54) is 6.33 Å². The number of hydrogen-bond acceptors (Lipinski definition) is 7. The van der Waals surface area contributed by atoms with E-state index in [2.05, 4.69) is 26.3 Å². The molecule has 2 heterocycles. The maximum atomic E-state index is 11.0. The first-order valence-electron chi connectivity index (χ1n) is 11.5. The number of nitrogens with zero attached hydrogens (tertiary/aromatic N) is 4. The highest BCUT2D eigenvalue weighted by Crippen LogP contribution is 2.37. The van der Waals surface area contributed by atoms with Crippen molar-refractivity contribution in [2.24, 2.45) is 5.92 Å². The number of morpholine rings is 1. The SMILES string of the molecule is CC(C)(CC1CCC(Oc2cc(N3CCOCC3)cc3ncnc(C#N)c23)CC1)NC(=O)O. The van der Waals surface area contributed by atoms with Crippen molar-refractivity contribution in [3.05, 3.63) is 24.2 Å². The summed E-state index contributed by atoms with van der Waals surface area (Å²) in [4.78, 5) is 21.9. The fourth-order valence-corrected chi connectivity index (χ4v) is 5.02. The zero-order valence-electron chi connectivity index (χ0n) is 19.2. The molecule has 9 nitrogen and oxygen atoms in total. The molecule has 33 heavy (non-hydrogen) atoms. The molecule has 2 aliphatic rings. The van der Waals surface area contributed by atoms with Gasteiger partial charge in [-0.25, -0.2) is 14.8 Å². The van der Waals surface area contributed by atoms with Crippen molar-refractivity contribution in [2.75, 3.05) is 31.2 Å². The van der Waals surface area contributed by atoms with E-state index < -0.39 is 11.6 Å². The fourth-order valence-electron chi connectivity index (χ4n) is 5.02. The van der Waals surface area contributed by atoms with Crippen LogP contribution in [0.5, 0.6) is 5.75 Å². The molecular formula is C24H31N5O4. The van der Waals surface area contributed by atoms with Crippen molar-refractivity contribution < 1.29 is 19.4 Å². The van der Waals surface area contributed by atoms with E-state index in [0.717, 1.165) is 50.9 Å². The Morgan fingerprint density at radius 3 is 2.67 bits per heavy atom. The largest absolute Gasteiger partial charge is 0.490 e. The monoisotopic (exact) mass is 453 g/mol. The van der Waals surface area contributed by atoms with Gasteiger partial charge in [0.15, 0.2) is 5.69 Å². The van der Waals surface area contributed by atoms with Crippen molar-refractivity contribution in [1.29, 1.82) is 5.26 Å². The number of amides is 1. The van der Waals surface area contributed by atoms with Crippen LogP contribution < -0.4 is 15.0 Å². The lowest BCUT2D eigenvalue weighted by Crippen LogP contribution is -2.44. The number of anilines is 1. The van der Waals surface area contributed by atoms with E-state index in [4.69, 9.17) is 14.6 Å². The second kappa shape index (κ2) is 9.79. The summed E-state index contributed by atoms with van der Waals surface area (Å²) in [6.45, 7) is 6.81. The summed E-state index contributed by atoms with van der Waals surface area (Å²) in [5, 5.41) is 21.9. The van der Waals surface area contributed by atoms with Gasteiger partial charge in [-0.15, -0.1) is 0 Å². The van der Waals surface area contributed by atoms with Gasteiger partial charge in [-0.2, -0.15) is 5.26 Å².